The molecule has 1 heterocycles. The molecule has 0 saturated heterocycles. The number of hydrogen-bond donors (Lipinski definition) is 2. The molecular formula is C17H23N5O3. The van der Waals surface area contributed by atoms with Crippen LogP contribution in [0.15, 0.2) is 30.6 Å². The summed E-state index contributed by atoms with van der Waals surface area (Å²) >= 11 is 0. The van der Waals surface area contributed by atoms with E-state index in [1.165, 1.54) is 13.3 Å². The highest BCUT2D eigenvalue weighted by Crippen LogP contribution is 2.29. The summed E-state index contributed by atoms with van der Waals surface area (Å²) in [5.41, 5.74) is 0.811. The fourth-order valence-electron chi connectivity index (χ4n) is 2.05. The van der Waals surface area contributed by atoms with Crippen LogP contribution in [0.25, 0.3) is 0 Å². The molecule has 1 aromatic heterocycles. The van der Waals surface area contributed by atoms with Crippen LogP contribution in [0.2, 0.25) is 0 Å². The van der Waals surface area contributed by atoms with E-state index in [9.17, 15) is 4.79 Å². The summed E-state index contributed by atoms with van der Waals surface area (Å²) < 4.78 is 10.4. The highest BCUT2D eigenvalue weighted by atomic mass is 16.5. The molecule has 0 atom stereocenters. The number of hydrogen-bond acceptors (Lipinski definition) is 7. The van der Waals surface area contributed by atoms with Crippen molar-refractivity contribution in [2.75, 3.05) is 52.0 Å². The maximum Gasteiger partial charge on any atom is 0.275 e. The fraction of sp³-hybridized carbons (Fsp3) is 0.353. The number of likely N-dealkylation sites (N-methyl/N-ethyl adjacent to an activating group) is 1. The van der Waals surface area contributed by atoms with E-state index in [1.54, 1.807) is 31.5 Å². The third-order valence-corrected chi connectivity index (χ3v) is 3.39. The molecule has 2 aromatic rings. The Morgan fingerprint density at radius 1 is 1.12 bits per heavy atom. The molecule has 0 aliphatic rings. The number of carbonyl (C=O) groups is 1. The van der Waals surface area contributed by atoms with E-state index in [4.69, 9.17) is 9.47 Å². The smallest absolute Gasteiger partial charge is 0.275 e. The van der Waals surface area contributed by atoms with Crippen molar-refractivity contribution in [3.63, 3.8) is 0 Å². The van der Waals surface area contributed by atoms with Gasteiger partial charge in [0.1, 0.15) is 11.5 Å². The average Bonchev–Trinajstić information content (AvgIpc) is 2.61. The Bertz CT molecular complexity index is 704. The van der Waals surface area contributed by atoms with Crippen LogP contribution in [0.5, 0.6) is 11.5 Å². The minimum atomic E-state index is -0.348. The number of benzene rings is 1. The van der Waals surface area contributed by atoms with Crippen molar-refractivity contribution in [3.8, 4) is 11.5 Å². The second kappa shape index (κ2) is 8.84. The van der Waals surface area contributed by atoms with Crippen molar-refractivity contribution in [2.24, 2.45) is 0 Å². The highest BCUT2D eigenvalue weighted by Gasteiger charge is 2.11. The van der Waals surface area contributed by atoms with Crippen molar-refractivity contribution >= 4 is 17.4 Å². The van der Waals surface area contributed by atoms with E-state index >= 15 is 0 Å². The number of aromatic nitrogens is 2. The first-order chi connectivity index (χ1) is 12.0. The van der Waals surface area contributed by atoms with Crippen molar-refractivity contribution in [1.82, 2.24) is 14.9 Å². The number of amides is 1. The molecule has 0 unspecified atom stereocenters. The molecule has 0 bridgehead atoms. The van der Waals surface area contributed by atoms with Gasteiger partial charge in [-0.1, -0.05) is 0 Å². The van der Waals surface area contributed by atoms with Gasteiger partial charge in [-0.05, 0) is 26.2 Å². The van der Waals surface area contributed by atoms with E-state index in [0.717, 1.165) is 13.1 Å². The molecule has 0 saturated carbocycles. The summed E-state index contributed by atoms with van der Waals surface area (Å²) in [5.74, 6) is 1.41. The van der Waals surface area contributed by atoms with Gasteiger partial charge in [-0.2, -0.15) is 0 Å². The van der Waals surface area contributed by atoms with Gasteiger partial charge in [0.25, 0.3) is 5.91 Å². The molecule has 0 fully saturated rings. The first-order valence-electron chi connectivity index (χ1n) is 7.77. The molecule has 1 aromatic carbocycles. The third kappa shape index (κ3) is 5.32. The topological polar surface area (TPSA) is 88.6 Å². The second-order valence-electron chi connectivity index (χ2n) is 5.54. The molecule has 0 aliphatic heterocycles. The predicted molar refractivity (Wildman–Crippen MR) is 96.6 cm³/mol. The van der Waals surface area contributed by atoms with Crippen LogP contribution >= 0.6 is 0 Å². The molecule has 1 amide bonds. The molecule has 2 rings (SSSR count). The van der Waals surface area contributed by atoms with Crippen molar-refractivity contribution < 1.29 is 14.3 Å². The number of carbonyl (C=O) groups excluding carboxylic acids is 1. The van der Waals surface area contributed by atoms with Crippen molar-refractivity contribution in [2.45, 2.75) is 0 Å². The molecular weight excluding hydrogens is 322 g/mol. The Balaban J connectivity index is 1.98. The van der Waals surface area contributed by atoms with Crippen LogP contribution in [0.1, 0.15) is 10.5 Å². The van der Waals surface area contributed by atoms with Gasteiger partial charge in [0.15, 0.2) is 11.5 Å². The number of methoxy groups -OCH3 is 2. The Hall–Kier alpha value is -2.87. The Kier molecular flexibility index (Phi) is 6.53. The average molecular weight is 345 g/mol. The van der Waals surface area contributed by atoms with Crippen LogP contribution < -0.4 is 20.1 Å². The van der Waals surface area contributed by atoms with Gasteiger partial charge in [-0.15, -0.1) is 0 Å². The third-order valence-electron chi connectivity index (χ3n) is 3.39. The second-order valence-corrected chi connectivity index (χ2v) is 5.54. The summed E-state index contributed by atoms with van der Waals surface area (Å²) in [6.07, 6.45) is 2.98. The SMILES string of the molecule is COc1ccc(NC(=O)c2cnc(NCCN(C)C)cn2)cc1OC. The highest BCUT2D eigenvalue weighted by molar-refractivity contribution is 6.02. The van der Waals surface area contributed by atoms with Gasteiger partial charge in [0.05, 0.1) is 26.6 Å². The summed E-state index contributed by atoms with van der Waals surface area (Å²) in [6, 6.07) is 5.13. The van der Waals surface area contributed by atoms with Crippen molar-refractivity contribution in [3.05, 3.63) is 36.3 Å². The lowest BCUT2D eigenvalue weighted by Crippen LogP contribution is -2.21. The van der Waals surface area contributed by atoms with Crippen LogP contribution in [-0.4, -0.2) is 62.2 Å². The standard InChI is InChI=1S/C17H23N5O3/c1-22(2)8-7-18-16-11-19-13(10-20-16)17(23)21-12-5-6-14(24-3)15(9-12)25-4/h5-6,9-11H,7-8H2,1-4H3,(H,18,20)(H,21,23). The normalized spacial score (nSPS) is 10.4. The summed E-state index contributed by atoms with van der Waals surface area (Å²) in [5, 5.41) is 5.90. The van der Waals surface area contributed by atoms with E-state index < -0.39 is 0 Å². The van der Waals surface area contributed by atoms with Crippen LogP contribution in [-0.2, 0) is 0 Å². The molecule has 8 nitrogen and oxygen atoms in total. The van der Waals surface area contributed by atoms with Gasteiger partial charge in [-0.3, -0.25) is 4.79 Å². The lowest BCUT2D eigenvalue weighted by molar-refractivity contribution is 0.102. The zero-order valence-electron chi connectivity index (χ0n) is 14.9. The maximum atomic E-state index is 12.3. The molecule has 0 spiro atoms. The van der Waals surface area contributed by atoms with Gasteiger partial charge in [0.2, 0.25) is 0 Å². The minimum absolute atomic E-state index is 0.230. The zero-order valence-corrected chi connectivity index (χ0v) is 14.9. The number of nitrogens with zero attached hydrogens (tertiary/aromatic N) is 3. The van der Waals surface area contributed by atoms with Gasteiger partial charge >= 0.3 is 0 Å². The summed E-state index contributed by atoms with van der Waals surface area (Å²) in [7, 11) is 7.08. The zero-order chi connectivity index (χ0) is 18.2. The quantitative estimate of drug-likeness (QED) is 0.753. The summed E-state index contributed by atoms with van der Waals surface area (Å²) in [4.78, 5) is 22.7. The molecule has 134 valence electrons. The van der Waals surface area contributed by atoms with E-state index in [2.05, 4.69) is 25.5 Å². The molecule has 2 N–H and O–H groups in total. The molecule has 8 heteroatoms. The Labute approximate surface area is 147 Å². The first kappa shape index (κ1) is 18.5. The van der Waals surface area contributed by atoms with Crippen molar-refractivity contribution in [1.29, 1.82) is 0 Å². The predicted octanol–water partition coefficient (Wildman–Crippen LogP) is 1.72. The molecule has 25 heavy (non-hydrogen) atoms. The Morgan fingerprint density at radius 2 is 1.88 bits per heavy atom. The number of rotatable bonds is 8. The molecule has 0 radical (unpaired) electrons. The summed E-state index contributed by atoms with van der Waals surface area (Å²) in [6.45, 7) is 1.63. The van der Waals surface area contributed by atoms with Gasteiger partial charge < -0.3 is 25.0 Å². The lowest BCUT2D eigenvalue weighted by atomic mass is 10.2. The monoisotopic (exact) mass is 345 g/mol. The largest absolute Gasteiger partial charge is 0.493 e. The number of anilines is 2. The van der Waals surface area contributed by atoms with Crippen LogP contribution in [0.4, 0.5) is 11.5 Å². The van der Waals surface area contributed by atoms with Gasteiger partial charge in [0, 0.05) is 24.8 Å². The van der Waals surface area contributed by atoms with E-state index in [0.29, 0.717) is 23.0 Å². The minimum Gasteiger partial charge on any atom is -0.493 e. The fourth-order valence-corrected chi connectivity index (χ4v) is 2.05. The molecule has 0 aliphatic carbocycles. The first-order valence-corrected chi connectivity index (χ1v) is 7.77. The number of ether oxygens (including phenoxy) is 2. The Morgan fingerprint density at radius 3 is 2.48 bits per heavy atom. The van der Waals surface area contributed by atoms with Crippen LogP contribution in [0.3, 0.4) is 0 Å². The maximum absolute atomic E-state index is 12.3. The number of nitrogens with one attached hydrogen (secondary N) is 2. The lowest BCUT2D eigenvalue weighted by Gasteiger charge is -2.11. The van der Waals surface area contributed by atoms with E-state index in [1.807, 2.05) is 14.1 Å². The van der Waals surface area contributed by atoms with Gasteiger partial charge in [-0.25, -0.2) is 9.97 Å². The van der Waals surface area contributed by atoms with E-state index in [-0.39, 0.29) is 11.6 Å². The van der Waals surface area contributed by atoms with Crippen LogP contribution in [0, 0.1) is 0 Å².